The van der Waals surface area contributed by atoms with Gasteiger partial charge in [-0.05, 0) is 52.9 Å². The Morgan fingerprint density at radius 1 is 1.14 bits per heavy atom. The molecule has 3 nitrogen and oxygen atoms in total. The van der Waals surface area contributed by atoms with Gasteiger partial charge in [-0.2, -0.15) is 0 Å². The molecule has 1 saturated carbocycles. The molecule has 21 heavy (non-hydrogen) atoms. The van der Waals surface area contributed by atoms with Gasteiger partial charge in [0.2, 0.25) is 0 Å². The Kier molecular flexibility index (Phi) is 8.36. The van der Waals surface area contributed by atoms with E-state index in [1.54, 1.807) is 6.92 Å². The van der Waals surface area contributed by atoms with Crippen LogP contribution in [0.15, 0.2) is 22.8 Å². The van der Waals surface area contributed by atoms with Gasteiger partial charge in [0.05, 0.1) is 12.7 Å². The molecule has 0 aromatic rings. The Morgan fingerprint density at radius 3 is 2.43 bits per heavy atom. The summed E-state index contributed by atoms with van der Waals surface area (Å²) in [5, 5.41) is 8.91. The molecule has 0 unspecified atom stereocenters. The molecule has 120 valence electrons. The maximum atomic E-state index is 10.8. The van der Waals surface area contributed by atoms with Gasteiger partial charge in [0.1, 0.15) is 0 Å². The minimum atomic E-state index is -0.811. The number of carboxylic acids is 1. The summed E-state index contributed by atoms with van der Waals surface area (Å²) in [7, 11) is 0. The molecule has 1 aliphatic rings. The predicted molar refractivity (Wildman–Crippen MR) is 86.4 cm³/mol. The Morgan fingerprint density at radius 2 is 1.81 bits per heavy atom. The number of allylic oxidation sites excluding steroid dienone is 2. The largest absolute Gasteiger partial charge is 0.478 e. The number of hydrogen-bond acceptors (Lipinski definition) is 2. The van der Waals surface area contributed by atoms with Gasteiger partial charge < -0.3 is 9.84 Å². The van der Waals surface area contributed by atoms with Gasteiger partial charge in [0, 0.05) is 5.57 Å². The third-order valence-electron chi connectivity index (χ3n) is 4.38. The van der Waals surface area contributed by atoms with E-state index in [2.05, 4.69) is 13.0 Å². The van der Waals surface area contributed by atoms with Crippen molar-refractivity contribution in [2.75, 3.05) is 6.61 Å². The third kappa shape index (κ3) is 7.47. The zero-order valence-electron chi connectivity index (χ0n) is 13.8. The third-order valence-corrected chi connectivity index (χ3v) is 4.38. The molecular formula is C18H30O3. The number of carboxylic acid groups (broad SMARTS) is 1. The van der Waals surface area contributed by atoms with Gasteiger partial charge in [-0.3, -0.25) is 0 Å². The molecule has 1 rings (SSSR count). The summed E-state index contributed by atoms with van der Waals surface area (Å²) in [4.78, 5) is 10.8. The molecule has 0 saturated heterocycles. The van der Waals surface area contributed by atoms with Crippen molar-refractivity contribution in [3.05, 3.63) is 22.8 Å². The van der Waals surface area contributed by atoms with E-state index in [0.29, 0.717) is 11.7 Å². The lowest BCUT2D eigenvalue weighted by atomic mass is 9.98. The number of aliphatic carboxylic acids is 1. The normalized spacial score (nSPS) is 18.5. The second-order valence-corrected chi connectivity index (χ2v) is 6.18. The lowest BCUT2D eigenvalue weighted by molar-refractivity contribution is -0.132. The van der Waals surface area contributed by atoms with E-state index in [1.807, 2.05) is 6.92 Å². The Balaban J connectivity index is 2.20. The molecule has 0 bridgehead atoms. The van der Waals surface area contributed by atoms with Crippen LogP contribution in [0.4, 0.5) is 0 Å². The molecule has 1 N–H and O–H groups in total. The topological polar surface area (TPSA) is 46.5 Å². The monoisotopic (exact) mass is 294 g/mol. The summed E-state index contributed by atoms with van der Waals surface area (Å²) in [6.07, 6.45) is 11.8. The smallest absolute Gasteiger partial charge is 0.331 e. The van der Waals surface area contributed by atoms with Gasteiger partial charge in [-0.25, -0.2) is 4.79 Å². The molecule has 0 spiro atoms. The average Bonchev–Trinajstić information content (AvgIpc) is 2.47. The number of ether oxygens (including phenoxy) is 1. The zero-order chi connectivity index (χ0) is 15.7. The van der Waals surface area contributed by atoms with Crippen molar-refractivity contribution in [1.29, 1.82) is 0 Å². The highest BCUT2D eigenvalue weighted by molar-refractivity contribution is 5.86. The summed E-state index contributed by atoms with van der Waals surface area (Å²) in [6, 6.07) is 0. The first-order chi connectivity index (χ1) is 10.0. The van der Waals surface area contributed by atoms with Crippen molar-refractivity contribution in [1.82, 2.24) is 0 Å². The van der Waals surface area contributed by atoms with E-state index in [0.717, 1.165) is 31.4 Å². The molecule has 0 aromatic heterocycles. The second kappa shape index (κ2) is 9.78. The van der Waals surface area contributed by atoms with Crippen molar-refractivity contribution < 1.29 is 14.6 Å². The van der Waals surface area contributed by atoms with Gasteiger partial charge in [0.15, 0.2) is 0 Å². The Labute approximate surface area is 129 Å². The molecule has 0 aliphatic heterocycles. The number of rotatable bonds is 8. The van der Waals surface area contributed by atoms with Crippen LogP contribution in [0.2, 0.25) is 0 Å². The first kappa shape index (κ1) is 18.0. The van der Waals surface area contributed by atoms with E-state index in [9.17, 15) is 4.79 Å². The van der Waals surface area contributed by atoms with Gasteiger partial charge in [-0.15, -0.1) is 0 Å². The van der Waals surface area contributed by atoms with Crippen LogP contribution >= 0.6 is 0 Å². The molecule has 1 fully saturated rings. The molecule has 0 amide bonds. The molecule has 0 radical (unpaired) electrons. The zero-order valence-corrected chi connectivity index (χ0v) is 13.8. The standard InChI is InChI=1S/C18H30O3/c1-14(8-7-9-15(2)16(3)18(19)20)12-13-21-17-10-5-4-6-11-17/h8,17H,4-7,9-13H2,1-3H3,(H,19,20). The van der Waals surface area contributed by atoms with Gasteiger partial charge >= 0.3 is 5.97 Å². The Hall–Kier alpha value is -1.09. The fraction of sp³-hybridized carbons (Fsp3) is 0.722. The van der Waals surface area contributed by atoms with Gasteiger partial charge in [0.25, 0.3) is 0 Å². The fourth-order valence-electron chi connectivity index (χ4n) is 2.63. The first-order valence-electron chi connectivity index (χ1n) is 8.17. The van der Waals surface area contributed by atoms with E-state index in [4.69, 9.17) is 9.84 Å². The maximum Gasteiger partial charge on any atom is 0.331 e. The minimum absolute atomic E-state index is 0.474. The molecule has 1 aliphatic carbocycles. The average molecular weight is 294 g/mol. The summed E-state index contributed by atoms with van der Waals surface area (Å²) < 4.78 is 5.92. The van der Waals surface area contributed by atoms with Crippen LogP contribution in [-0.4, -0.2) is 23.8 Å². The van der Waals surface area contributed by atoms with E-state index in [-0.39, 0.29) is 0 Å². The van der Waals surface area contributed by atoms with Crippen molar-refractivity contribution in [3.63, 3.8) is 0 Å². The fourth-order valence-corrected chi connectivity index (χ4v) is 2.63. The van der Waals surface area contributed by atoms with Crippen LogP contribution in [0.3, 0.4) is 0 Å². The van der Waals surface area contributed by atoms with Crippen LogP contribution in [0.5, 0.6) is 0 Å². The number of carbonyl (C=O) groups is 1. The van der Waals surface area contributed by atoms with E-state index >= 15 is 0 Å². The molecule has 0 atom stereocenters. The van der Waals surface area contributed by atoms with Crippen LogP contribution < -0.4 is 0 Å². The molecule has 0 heterocycles. The molecule has 0 aromatic carbocycles. The van der Waals surface area contributed by atoms with Gasteiger partial charge in [-0.1, -0.05) is 36.5 Å². The highest BCUT2D eigenvalue weighted by Gasteiger charge is 2.13. The van der Waals surface area contributed by atoms with Crippen LogP contribution in [0.1, 0.15) is 72.1 Å². The van der Waals surface area contributed by atoms with Crippen LogP contribution in [0, 0.1) is 0 Å². The highest BCUT2D eigenvalue weighted by Crippen LogP contribution is 2.21. The minimum Gasteiger partial charge on any atom is -0.478 e. The SMILES string of the molecule is CC(=CCCC(C)=C(C)C(=O)O)CCOC1CCCCC1. The lowest BCUT2D eigenvalue weighted by Crippen LogP contribution is -2.17. The summed E-state index contributed by atoms with van der Waals surface area (Å²) >= 11 is 0. The predicted octanol–water partition coefficient (Wildman–Crippen LogP) is 4.87. The molecule has 3 heteroatoms. The maximum absolute atomic E-state index is 10.8. The quantitative estimate of drug-likeness (QED) is 0.513. The highest BCUT2D eigenvalue weighted by atomic mass is 16.5. The van der Waals surface area contributed by atoms with E-state index < -0.39 is 5.97 Å². The summed E-state index contributed by atoms with van der Waals surface area (Å²) in [5.74, 6) is -0.811. The van der Waals surface area contributed by atoms with Crippen molar-refractivity contribution >= 4 is 5.97 Å². The first-order valence-corrected chi connectivity index (χ1v) is 8.17. The Bertz CT molecular complexity index is 387. The van der Waals surface area contributed by atoms with Crippen molar-refractivity contribution in [2.24, 2.45) is 0 Å². The second-order valence-electron chi connectivity index (χ2n) is 6.18. The summed E-state index contributed by atoms with van der Waals surface area (Å²) in [5.41, 5.74) is 2.78. The van der Waals surface area contributed by atoms with Crippen LogP contribution in [0.25, 0.3) is 0 Å². The van der Waals surface area contributed by atoms with Crippen LogP contribution in [-0.2, 0) is 9.53 Å². The van der Waals surface area contributed by atoms with Crippen molar-refractivity contribution in [3.8, 4) is 0 Å². The number of hydrogen-bond donors (Lipinski definition) is 1. The van der Waals surface area contributed by atoms with Crippen molar-refractivity contribution in [2.45, 2.75) is 78.2 Å². The van der Waals surface area contributed by atoms with E-state index in [1.165, 1.54) is 37.7 Å². The lowest BCUT2D eigenvalue weighted by Gasteiger charge is -2.22. The summed E-state index contributed by atoms with van der Waals surface area (Å²) in [6.45, 7) is 6.52. The molecular weight excluding hydrogens is 264 g/mol.